The van der Waals surface area contributed by atoms with Crippen LogP contribution in [-0.2, 0) is 4.74 Å². The second-order valence-corrected chi connectivity index (χ2v) is 4.10. The van der Waals surface area contributed by atoms with Crippen LogP contribution >= 0.6 is 15.9 Å². The van der Waals surface area contributed by atoms with Gasteiger partial charge in [0.2, 0.25) is 0 Å². The molecule has 0 aliphatic rings. The Morgan fingerprint density at radius 3 is 3.00 bits per heavy atom. The van der Waals surface area contributed by atoms with Crippen LogP contribution in [0.2, 0.25) is 0 Å². The number of nitriles is 1. The lowest BCUT2D eigenvalue weighted by Gasteiger charge is -2.04. The van der Waals surface area contributed by atoms with Crippen LogP contribution in [0.25, 0.3) is 5.69 Å². The first-order valence-electron chi connectivity index (χ1n) is 4.86. The van der Waals surface area contributed by atoms with E-state index < -0.39 is 5.97 Å². The van der Waals surface area contributed by atoms with E-state index in [0.29, 0.717) is 15.7 Å². The van der Waals surface area contributed by atoms with E-state index in [9.17, 15) is 4.79 Å². The minimum atomic E-state index is -0.623. The first kappa shape index (κ1) is 12.3. The van der Waals surface area contributed by atoms with Crippen molar-refractivity contribution in [2.24, 2.45) is 0 Å². The second-order valence-electron chi connectivity index (χ2n) is 3.25. The number of hydrogen-bond donors (Lipinski definition) is 0. The molecule has 0 N–H and O–H groups in total. The van der Waals surface area contributed by atoms with Crippen LogP contribution in [0.15, 0.2) is 29.0 Å². The molecule has 0 fully saturated rings. The van der Waals surface area contributed by atoms with Crippen molar-refractivity contribution in [2.75, 3.05) is 7.11 Å². The quantitative estimate of drug-likeness (QED) is 0.789. The average Bonchev–Trinajstić information content (AvgIpc) is 2.87. The highest BCUT2D eigenvalue weighted by atomic mass is 79.9. The summed E-state index contributed by atoms with van der Waals surface area (Å²) in [6.45, 7) is 0. The number of nitrogens with zero attached hydrogens (tertiary/aromatic N) is 4. The molecule has 6 nitrogen and oxygen atoms in total. The van der Waals surface area contributed by atoms with Crippen molar-refractivity contribution in [3.8, 4) is 11.8 Å². The molecule has 0 aliphatic carbocycles. The summed E-state index contributed by atoms with van der Waals surface area (Å²) in [5, 5.41) is 13.0. The van der Waals surface area contributed by atoms with E-state index in [1.807, 2.05) is 0 Å². The molecule has 0 saturated carbocycles. The largest absolute Gasteiger partial charge is 0.463 e. The summed E-state index contributed by atoms with van der Waals surface area (Å²) in [4.78, 5) is 15.1. The predicted molar refractivity (Wildman–Crippen MR) is 65.1 cm³/mol. The van der Waals surface area contributed by atoms with Crippen molar-refractivity contribution in [1.29, 1.82) is 5.26 Å². The van der Waals surface area contributed by atoms with E-state index in [2.05, 4.69) is 36.8 Å². The third kappa shape index (κ3) is 2.10. The van der Waals surface area contributed by atoms with Gasteiger partial charge in [-0.05, 0) is 28.1 Å². The standard InChI is InChI=1S/C11H7BrN4O2/c1-18-11(17)10-14-6-16(15-10)9-4-2-3-8(12)7(9)5-13/h2-4,6H,1H3. The van der Waals surface area contributed by atoms with Gasteiger partial charge in [0.05, 0.1) is 18.4 Å². The lowest BCUT2D eigenvalue weighted by Crippen LogP contribution is -2.05. The molecule has 0 atom stereocenters. The Hall–Kier alpha value is -2.20. The van der Waals surface area contributed by atoms with Gasteiger partial charge in [-0.2, -0.15) is 5.26 Å². The minimum Gasteiger partial charge on any atom is -0.463 e. The monoisotopic (exact) mass is 306 g/mol. The van der Waals surface area contributed by atoms with Gasteiger partial charge in [0.1, 0.15) is 12.4 Å². The van der Waals surface area contributed by atoms with Crippen LogP contribution in [0, 0.1) is 11.3 Å². The smallest absolute Gasteiger partial charge is 0.377 e. The molecule has 7 heteroatoms. The number of esters is 1. The highest BCUT2D eigenvalue weighted by molar-refractivity contribution is 9.10. The van der Waals surface area contributed by atoms with Crippen LogP contribution in [0.3, 0.4) is 0 Å². The summed E-state index contributed by atoms with van der Waals surface area (Å²) in [7, 11) is 1.25. The Balaban J connectivity index is 2.50. The molecule has 0 aliphatic heterocycles. The molecule has 2 rings (SSSR count). The highest BCUT2D eigenvalue weighted by Gasteiger charge is 2.14. The molecule has 1 aromatic heterocycles. The fourth-order valence-corrected chi connectivity index (χ4v) is 1.82. The average molecular weight is 307 g/mol. The van der Waals surface area contributed by atoms with E-state index in [4.69, 9.17) is 5.26 Å². The molecule has 0 radical (unpaired) electrons. The molecule has 18 heavy (non-hydrogen) atoms. The Kier molecular flexibility index (Phi) is 3.39. The molecule has 0 amide bonds. The first-order chi connectivity index (χ1) is 8.67. The summed E-state index contributed by atoms with van der Waals surface area (Å²) >= 11 is 3.28. The van der Waals surface area contributed by atoms with Crippen molar-refractivity contribution < 1.29 is 9.53 Å². The van der Waals surface area contributed by atoms with Gasteiger partial charge in [-0.1, -0.05) is 6.07 Å². The normalized spacial score (nSPS) is 9.83. The lowest BCUT2D eigenvalue weighted by molar-refractivity contribution is 0.0587. The summed E-state index contributed by atoms with van der Waals surface area (Å²) in [5.74, 6) is -0.677. The van der Waals surface area contributed by atoms with Crippen LogP contribution < -0.4 is 0 Å². The molecule has 2 aromatic rings. The van der Waals surface area contributed by atoms with Crippen molar-refractivity contribution in [1.82, 2.24) is 14.8 Å². The number of hydrogen-bond acceptors (Lipinski definition) is 5. The number of aromatic nitrogens is 3. The Morgan fingerprint density at radius 2 is 2.33 bits per heavy atom. The Labute approximate surface area is 111 Å². The number of ether oxygens (including phenoxy) is 1. The van der Waals surface area contributed by atoms with Gasteiger partial charge in [-0.3, -0.25) is 0 Å². The van der Waals surface area contributed by atoms with Gasteiger partial charge in [0.15, 0.2) is 0 Å². The maximum absolute atomic E-state index is 11.2. The SMILES string of the molecule is COC(=O)c1ncn(-c2cccc(Br)c2C#N)n1. The topological polar surface area (TPSA) is 80.8 Å². The van der Waals surface area contributed by atoms with Crippen molar-refractivity contribution in [3.05, 3.63) is 40.4 Å². The van der Waals surface area contributed by atoms with Gasteiger partial charge in [-0.15, -0.1) is 5.10 Å². The number of benzene rings is 1. The van der Waals surface area contributed by atoms with Gasteiger partial charge >= 0.3 is 5.97 Å². The lowest BCUT2D eigenvalue weighted by atomic mass is 10.2. The molecule has 0 saturated heterocycles. The third-order valence-corrected chi connectivity index (χ3v) is 2.87. The zero-order valence-corrected chi connectivity index (χ0v) is 10.9. The molecule has 0 unspecified atom stereocenters. The number of methoxy groups -OCH3 is 1. The zero-order chi connectivity index (χ0) is 13.1. The van der Waals surface area contributed by atoms with E-state index >= 15 is 0 Å². The van der Waals surface area contributed by atoms with Gasteiger partial charge < -0.3 is 4.74 Å². The molecular weight excluding hydrogens is 300 g/mol. The fraction of sp³-hybridized carbons (Fsp3) is 0.0909. The van der Waals surface area contributed by atoms with Gasteiger partial charge in [-0.25, -0.2) is 14.5 Å². The molecule has 90 valence electrons. The molecule has 0 spiro atoms. The van der Waals surface area contributed by atoms with Gasteiger partial charge in [0, 0.05) is 4.47 Å². The minimum absolute atomic E-state index is 0.0543. The summed E-state index contributed by atoms with van der Waals surface area (Å²) in [5.41, 5.74) is 0.952. The third-order valence-electron chi connectivity index (χ3n) is 2.21. The molecule has 0 bridgehead atoms. The number of halogens is 1. The Bertz CT molecular complexity index is 645. The second kappa shape index (κ2) is 4.98. The van der Waals surface area contributed by atoms with E-state index in [-0.39, 0.29) is 5.82 Å². The zero-order valence-electron chi connectivity index (χ0n) is 9.29. The highest BCUT2D eigenvalue weighted by Crippen LogP contribution is 2.22. The number of carbonyl (C=O) groups is 1. The van der Waals surface area contributed by atoms with Crippen LogP contribution in [-0.4, -0.2) is 27.8 Å². The molecule has 1 heterocycles. The maximum atomic E-state index is 11.2. The van der Waals surface area contributed by atoms with Crippen molar-refractivity contribution >= 4 is 21.9 Å². The Morgan fingerprint density at radius 1 is 1.56 bits per heavy atom. The first-order valence-corrected chi connectivity index (χ1v) is 5.65. The van der Waals surface area contributed by atoms with E-state index in [0.717, 1.165) is 0 Å². The van der Waals surface area contributed by atoms with Crippen LogP contribution in [0.5, 0.6) is 0 Å². The fourth-order valence-electron chi connectivity index (χ4n) is 1.38. The molecular formula is C11H7BrN4O2. The van der Waals surface area contributed by atoms with E-state index in [1.165, 1.54) is 18.1 Å². The number of rotatable bonds is 2. The van der Waals surface area contributed by atoms with Crippen LogP contribution in [0.4, 0.5) is 0 Å². The van der Waals surface area contributed by atoms with Crippen molar-refractivity contribution in [3.63, 3.8) is 0 Å². The molecule has 1 aromatic carbocycles. The van der Waals surface area contributed by atoms with E-state index in [1.54, 1.807) is 18.2 Å². The number of carbonyl (C=O) groups excluding carboxylic acids is 1. The summed E-state index contributed by atoms with van der Waals surface area (Å²) < 4.78 is 6.52. The predicted octanol–water partition coefficient (Wildman–Crippen LogP) is 1.69. The summed E-state index contributed by atoms with van der Waals surface area (Å²) in [6, 6.07) is 7.28. The summed E-state index contributed by atoms with van der Waals surface area (Å²) in [6.07, 6.45) is 1.36. The van der Waals surface area contributed by atoms with Crippen molar-refractivity contribution in [2.45, 2.75) is 0 Å². The van der Waals surface area contributed by atoms with Gasteiger partial charge in [0.25, 0.3) is 5.82 Å². The maximum Gasteiger partial charge on any atom is 0.377 e. The van der Waals surface area contributed by atoms with Crippen LogP contribution in [0.1, 0.15) is 16.2 Å².